The van der Waals surface area contributed by atoms with E-state index in [0.29, 0.717) is 11.2 Å². The molecule has 11 nitrogen and oxygen atoms in total. The van der Waals surface area contributed by atoms with Crippen LogP contribution in [0.1, 0.15) is 19.1 Å². The van der Waals surface area contributed by atoms with Crippen LogP contribution in [0.15, 0.2) is 12.7 Å². The highest BCUT2D eigenvalue weighted by Gasteiger charge is 2.45. The fourth-order valence-electron chi connectivity index (χ4n) is 3.02. The van der Waals surface area contributed by atoms with Crippen molar-refractivity contribution in [2.75, 3.05) is 12.3 Å². The molecule has 2 aromatic heterocycles. The highest BCUT2D eigenvalue weighted by molar-refractivity contribution is 5.81. The van der Waals surface area contributed by atoms with Gasteiger partial charge in [0.1, 0.15) is 24.1 Å². The van der Waals surface area contributed by atoms with Crippen molar-refractivity contribution in [3.63, 3.8) is 0 Å². The zero-order chi connectivity index (χ0) is 18.1. The molecule has 1 amide bonds. The van der Waals surface area contributed by atoms with Crippen molar-refractivity contribution < 1.29 is 24.9 Å². The number of nitrogens with zero attached hydrogens (tertiary/aromatic N) is 4. The Morgan fingerprint density at radius 1 is 1.32 bits per heavy atom. The highest BCUT2D eigenvalue weighted by Crippen LogP contribution is 2.34. The van der Waals surface area contributed by atoms with Crippen molar-refractivity contribution >= 4 is 22.9 Å². The highest BCUT2D eigenvalue weighted by atomic mass is 16.6. The van der Waals surface area contributed by atoms with Crippen LogP contribution in [0.4, 0.5) is 5.82 Å². The Bertz CT molecular complexity index is 767. The minimum absolute atomic E-state index is 0.0778. The molecule has 25 heavy (non-hydrogen) atoms. The van der Waals surface area contributed by atoms with Crippen molar-refractivity contribution in [2.24, 2.45) is 11.7 Å². The number of fused-ring (bicyclic) bond motifs is 1. The third-order valence-electron chi connectivity index (χ3n) is 4.40. The van der Waals surface area contributed by atoms with E-state index in [1.54, 1.807) is 0 Å². The van der Waals surface area contributed by atoms with Gasteiger partial charge < -0.3 is 31.5 Å². The molecule has 1 saturated heterocycles. The molecule has 0 spiro atoms. The van der Waals surface area contributed by atoms with Crippen molar-refractivity contribution in [3.05, 3.63) is 12.7 Å². The van der Waals surface area contributed by atoms with Crippen LogP contribution in [-0.4, -0.2) is 65.7 Å². The van der Waals surface area contributed by atoms with Gasteiger partial charge in [0.2, 0.25) is 5.91 Å². The second-order valence-corrected chi connectivity index (χ2v) is 5.98. The first-order chi connectivity index (χ1) is 11.9. The summed E-state index contributed by atoms with van der Waals surface area (Å²) in [5.41, 5.74) is 11.7. The van der Waals surface area contributed by atoms with Crippen LogP contribution in [0.2, 0.25) is 0 Å². The van der Waals surface area contributed by atoms with E-state index in [1.807, 2.05) is 0 Å². The van der Waals surface area contributed by atoms with Gasteiger partial charge in [0, 0.05) is 12.5 Å². The maximum absolute atomic E-state index is 11.5. The molecule has 0 saturated carbocycles. The van der Waals surface area contributed by atoms with E-state index in [-0.39, 0.29) is 25.3 Å². The topological polar surface area (TPSA) is 183 Å². The van der Waals surface area contributed by atoms with Crippen LogP contribution in [0.25, 0.3) is 11.2 Å². The Morgan fingerprint density at radius 2 is 2.08 bits per heavy atom. The largest absolute Gasteiger partial charge is 0.396 e. The number of ether oxygens (including phenoxy) is 1. The summed E-state index contributed by atoms with van der Waals surface area (Å²) in [7, 11) is 0. The summed E-state index contributed by atoms with van der Waals surface area (Å²) < 4.78 is 7.19. The summed E-state index contributed by atoms with van der Waals surface area (Å²) in [6.07, 6.45) is -1.41. The molecule has 0 aliphatic carbocycles. The lowest BCUT2D eigenvalue weighted by Crippen LogP contribution is -2.35. The number of nitrogens with two attached hydrogens (primary N) is 2. The van der Waals surface area contributed by atoms with Crippen LogP contribution in [0, 0.1) is 5.92 Å². The summed E-state index contributed by atoms with van der Waals surface area (Å²) in [5, 5.41) is 29.6. The predicted octanol–water partition coefficient (Wildman–Crippen LogP) is -2.10. The molecule has 3 heterocycles. The lowest BCUT2D eigenvalue weighted by molar-refractivity contribution is -0.124. The minimum Gasteiger partial charge on any atom is -0.396 e. The Labute approximate surface area is 142 Å². The van der Waals surface area contributed by atoms with Crippen molar-refractivity contribution in [1.82, 2.24) is 19.5 Å². The zero-order valence-electron chi connectivity index (χ0n) is 13.3. The van der Waals surface area contributed by atoms with Gasteiger partial charge in [-0.15, -0.1) is 0 Å². The van der Waals surface area contributed by atoms with E-state index in [2.05, 4.69) is 15.0 Å². The Hall–Kier alpha value is -2.34. The molecule has 2 aromatic rings. The summed E-state index contributed by atoms with van der Waals surface area (Å²) in [6.45, 7) is -0.218. The molecule has 5 atom stereocenters. The first-order valence-corrected chi connectivity index (χ1v) is 7.78. The van der Waals surface area contributed by atoms with Crippen LogP contribution in [0.5, 0.6) is 0 Å². The molecule has 7 N–H and O–H groups in total. The van der Waals surface area contributed by atoms with Crippen LogP contribution in [0.3, 0.4) is 0 Å². The van der Waals surface area contributed by atoms with Crippen molar-refractivity contribution in [2.45, 2.75) is 37.4 Å². The zero-order valence-corrected chi connectivity index (χ0v) is 13.3. The van der Waals surface area contributed by atoms with Crippen LogP contribution >= 0.6 is 0 Å². The number of imidazole rings is 1. The molecule has 1 aliphatic rings. The molecule has 11 heteroatoms. The van der Waals surface area contributed by atoms with E-state index < -0.39 is 36.4 Å². The number of amides is 1. The number of carbonyl (C=O) groups is 1. The smallest absolute Gasteiger partial charge is 0.220 e. The fourth-order valence-corrected chi connectivity index (χ4v) is 3.02. The quantitative estimate of drug-likeness (QED) is 0.389. The third-order valence-corrected chi connectivity index (χ3v) is 4.40. The number of primary amides is 1. The second-order valence-electron chi connectivity index (χ2n) is 5.98. The van der Waals surface area contributed by atoms with E-state index in [0.717, 1.165) is 0 Å². The average molecular weight is 352 g/mol. The summed E-state index contributed by atoms with van der Waals surface area (Å²) >= 11 is 0. The molecule has 3 rings (SSSR count). The number of aliphatic hydroxyl groups excluding tert-OH is 3. The Kier molecular flexibility index (Phi) is 4.81. The van der Waals surface area contributed by atoms with Gasteiger partial charge in [0.15, 0.2) is 17.7 Å². The van der Waals surface area contributed by atoms with Gasteiger partial charge in [-0.1, -0.05) is 0 Å². The molecule has 136 valence electrons. The maximum atomic E-state index is 11.5. The van der Waals surface area contributed by atoms with Gasteiger partial charge in [-0.25, -0.2) is 15.0 Å². The lowest BCUT2D eigenvalue weighted by Gasteiger charge is -2.19. The van der Waals surface area contributed by atoms with Gasteiger partial charge >= 0.3 is 0 Å². The monoisotopic (exact) mass is 352 g/mol. The Balaban J connectivity index is 1.84. The second kappa shape index (κ2) is 6.88. The van der Waals surface area contributed by atoms with Gasteiger partial charge in [-0.2, -0.15) is 0 Å². The van der Waals surface area contributed by atoms with E-state index in [4.69, 9.17) is 21.3 Å². The van der Waals surface area contributed by atoms with Gasteiger partial charge in [0.25, 0.3) is 0 Å². The van der Waals surface area contributed by atoms with Crippen LogP contribution < -0.4 is 11.5 Å². The first-order valence-electron chi connectivity index (χ1n) is 7.78. The number of nitrogen functional groups attached to an aromatic ring is 1. The molecule has 1 aliphatic heterocycles. The minimum atomic E-state index is -1.26. The number of hydrogen-bond acceptors (Lipinski definition) is 9. The molecule has 5 unspecified atom stereocenters. The van der Waals surface area contributed by atoms with Gasteiger partial charge in [0.05, 0.1) is 12.4 Å². The number of anilines is 1. The fraction of sp³-hybridized carbons (Fsp3) is 0.571. The average Bonchev–Trinajstić information content (AvgIpc) is 3.11. The van der Waals surface area contributed by atoms with Crippen LogP contribution in [-0.2, 0) is 9.53 Å². The number of aliphatic hydroxyl groups is 3. The lowest BCUT2D eigenvalue weighted by atomic mass is 9.94. The normalized spacial score (nSPS) is 27.6. The number of aromatic nitrogens is 4. The first kappa shape index (κ1) is 17.5. The molecule has 0 bridgehead atoms. The molecular formula is C14H20N6O5. The number of hydrogen-bond donors (Lipinski definition) is 5. The summed E-state index contributed by atoms with van der Waals surface area (Å²) in [4.78, 5) is 23.5. The Morgan fingerprint density at radius 3 is 2.76 bits per heavy atom. The van der Waals surface area contributed by atoms with Gasteiger partial charge in [-0.05, 0) is 12.8 Å². The molecule has 0 radical (unpaired) electrons. The van der Waals surface area contributed by atoms with E-state index in [9.17, 15) is 15.0 Å². The molecule has 0 aromatic carbocycles. The maximum Gasteiger partial charge on any atom is 0.220 e. The van der Waals surface area contributed by atoms with Crippen molar-refractivity contribution in [1.29, 1.82) is 0 Å². The van der Waals surface area contributed by atoms with E-state index >= 15 is 0 Å². The molecular weight excluding hydrogens is 332 g/mol. The van der Waals surface area contributed by atoms with Gasteiger partial charge in [-0.3, -0.25) is 9.36 Å². The standard InChI is InChI=1S/C14H20N6O5/c15-11-8-13(18-4-17-11)20(5-19-8)14-10(23)9(22)7(25-14)3-6(1-2-21)12(16)24/h4-7,9-10,14,21-23H,1-3H2,(H2,16,24)(H2,15,17,18). The predicted molar refractivity (Wildman–Crippen MR) is 84.7 cm³/mol. The number of carbonyl (C=O) groups excluding carboxylic acids is 1. The SMILES string of the molecule is NC(=O)C(CCO)CC1OC(n2cnc3c(N)ncnc32)C(O)C1O. The third kappa shape index (κ3) is 3.14. The summed E-state index contributed by atoms with van der Waals surface area (Å²) in [6, 6.07) is 0. The van der Waals surface area contributed by atoms with E-state index in [1.165, 1.54) is 17.2 Å². The van der Waals surface area contributed by atoms with Crippen molar-refractivity contribution in [3.8, 4) is 0 Å². The molecule has 1 fully saturated rings. The summed E-state index contributed by atoms with van der Waals surface area (Å²) in [5.74, 6) is -1.09. The number of rotatable bonds is 6.